The van der Waals surface area contributed by atoms with Gasteiger partial charge in [0.2, 0.25) is 35.1 Å². The molecule has 26 nitrogen and oxygen atoms in total. The molecule has 6 N–H and O–H groups in total. The summed E-state index contributed by atoms with van der Waals surface area (Å²) in [6.45, 7) is 29.8. The molecule has 0 atom stereocenters. The van der Waals surface area contributed by atoms with Crippen molar-refractivity contribution in [1.29, 1.82) is 0 Å². The molecule has 4 aliphatic carbocycles. The van der Waals surface area contributed by atoms with Gasteiger partial charge in [-0.15, -0.1) is 0 Å². The Bertz CT molecular complexity index is 6210. The zero-order chi connectivity index (χ0) is 99.5. The minimum absolute atomic E-state index is 0.00415. The van der Waals surface area contributed by atoms with E-state index in [1.165, 1.54) is 11.1 Å². The number of carbonyl (C=O) groups excluding carboxylic acids is 8. The molecule has 0 bridgehead atoms. The first-order chi connectivity index (χ1) is 67.2. The minimum Gasteiger partial charge on any atom is -0.489 e. The van der Waals surface area contributed by atoms with Crippen molar-refractivity contribution >= 4 is 110 Å². The van der Waals surface area contributed by atoms with E-state index >= 15 is 0 Å². The van der Waals surface area contributed by atoms with Crippen LogP contribution in [0.4, 0.5) is 23.0 Å². The highest BCUT2D eigenvalue weighted by molar-refractivity contribution is 6.30. The van der Waals surface area contributed by atoms with Crippen LogP contribution in [0.5, 0.6) is 5.75 Å². The number of halogens is 1. The average molecular weight is 1920 g/mol. The fraction of sp³-hybridized carbons (Fsp3) is 0.434. The van der Waals surface area contributed by atoms with Crippen molar-refractivity contribution in [1.82, 2.24) is 40.8 Å². The number of aryl methyl sites for hydroxylation is 5. The van der Waals surface area contributed by atoms with Gasteiger partial charge in [-0.05, 0) is 294 Å². The van der Waals surface area contributed by atoms with Gasteiger partial charge in [0.05, 0.1) is 29.0 Å². The number of fused-ring (bicyclic) bond motifs is 4. The van der Waals surface area contributed by atoms with E-state index in [0.717, 1.165) is 206 Å². The highest BCUT2D eigenvalue weighted by Crippen LogP contribution is 2.44. The van der Waals surface area contributed by atoms with Crippen LogP contribution in [0.2, 0.25) is 5.15 Å². The van der Waals surface area contributed by atoms with Crippen LogP contribution in [0.15, 0.2) is 202 Å². The lowest BCUT2D eigenvalue weighted by Gasteiger charge is -2.36. The molecule has 10 aromatic rings. The second-order valence-corrected chi connectivity index (χ2v) is 40.2. The number of ether oxygens (including phenoxy) is 2. The smallest absolute Gasteiger partial charge is 0.278 e. The fourth-order valence-corrected chi connectivity index (χ4v) is 19.9. The van der Waals surface area contributed by atoms with E-state index in [1.54, 1.807) is 30.6 Å². The number of amides is 8. The lowest BCUT2D eigenvalue weighted by molar-refractivity contribution is -0.127. The molecule has 140 heavy (non-hydrogen) atoms. The Hall–Kier alpha value is -13.1. The highest BCUT2D eigenvalue weighted by atomic mass is 35.5. The third-order valence-electron chi connectivity index (χ3n) is 27.1. The molecule has 0 unspecified atom stereocenters. The maximum atomic E-state index is 13.2. The van der Waals surface area contributed by atoms with Crippen molar-refractivity contribution in [2.75, 3.05) is 26.6 Å². The molecular formula is C113H136ClN15O11. The molecule has 4 saturated carbocycles. The van der Waals surface area contributed by atoms with Gasteiger partial charge in [0.15, 0.2) is 0 Å². The normalized spacial score (nSPS) is 20.1. The zero-order valence-electron chi connectivity index (χ0n) is 83.4. The van der Waals surface area contributed by atoms with E-state index in [1.807, 2.05) is 192 Å². The number of aromatic nitrogens is 4. The number of hydrogen-bond donors (Lipinski definition) is 6. The van der Waals surface area contributed by atoms with Gasteiger partial charge in [0.1, 0.15) is 35.0 Å². The predicted molar refractivity (Wildman–Crippen MR) is 556 cm³/mol. The Morgan fingerprint density at radius 3 is 1.21 bits per heavy atom. The molecule has 736 valence electrons. The minimum atomic E-state index is -0.283. The largest absolute Gasteiger partial charge is 0.489 e. The maximum Gasteiger partial charge on any atom is 0.278 e. The summed E-state index contributed by atoms with van der Waals surface area (Å²) in [5.41, 5.74) is 17.7. The van der Waals surface area contributed by atoms with Crippen molar-refractivity contribution in [2.24, 2.45) is 38.6 Å². The summed E-state index contributed by atoms with van der Waals surface area (Å²) in [5.74, 6) is 3.15. The van der Waals surface area contributed by atoms with Gasteiger partial charge in [0.25, 0.3) is 23.6 Å². The lowest BCUT2D eigenvalue weighted by atomic mass is 9.84. The third kappa shape index (κ3) is 26.9. The van der Waals surface area contributed by atoms with Crippen molar-refractivity contribution in [3.05, 3.63) is 276 Å². The molecule has 17 rings (SSSR count). The number of amidine groups is 3. The third-order valence-corrected chi connectivity index (χ3v) is 27.3. The summed E-state index contributed by atoms with van der Waals surface area (Å²) in [5, 5.41) is 15.7. The molecule has 0 spiro atoms. The monoisotopic (exact) mass is 1910 g/mol. The fourth-order valence-electron chi connectivity index (χ4n) is 19.7. The Kier molecular flexibility index (Phi) is 35.0. The molecule has 4 fully saturated rings. The van der Waals surface area contributed by atoms with E-state index < -0.39 is 0 Å². The Morgan fingerprint density at radius 2 is 0.793 bits per heavy atom. The van der Waals surface area contributed by atoms with Gasteiger partial charge < -0.3 is 55.0 Å². The van der Waals surface area contributed by atoms with Crippen molar-refractivity contribution in [2.45, 2.75) is 287 Å². The maximum absolute atomic E-state index is 13.2. The number of hydrogen-bond acceptors (Lipinski definition) is 13. The summed E-state index contributed by atoms with van der Waals surface area (Å²) >= 11 is 6.21. The number of aromatic amines is 1. The van der Waals surface area contributed by atoms with Gasteiger partial charge in [0, 0.05) is 156 Å². The Balaban J connectivity index is 0.000000149. The molecule has 27 heteroatoms. The van der Waals surface area contributed by atoms with Crippen LogP contribution >= 0.6 is 11.6 Å². The lowest BCUT2D eigenvalue weighted by Crippen LogP contribution is -2.44. The van der Waals surface area contributed by atoms with Crippen molar-refractivity contribution < 1.29 is 47.8 Å². The van der Waals surface area contributed by atoms with Gasteiger partial charge in [-0.25, -0.2) is 9.97 Å². The molecule has 3 aromatic heterocycles. The number of rotatable bonds is 24. The van der Waals surface area contributed by atoms with Crippen LogP contribution in [0.1, 0.15) is 275 Å². The van der Waals surface area contributed by atoms with Crippen LogP contribution < -0.4 is 51.6 Å². The van der Waals surface area contributed by atoms with Gasteiger partial charge >= 0.3 is 0 Å². The Labute approximate surface area is 827 Å². The van der Waals surface area contributed by atoms with Crippen molar-refractivity contribution in [3.63, 3.8) is 0 Å². The SMILES string of the molecule is CCCOCc1ccc2c(c1)N(C1CCC(C(=O)NC(C)C)CC1)C(=NC(=O)c1ccc(C)cc1)C2.Cc1ccc(C(=O)N=C2Cc3c[nH]c(=O)cc3N2C2CCC(C(=O)NC(C)C)CC2)cc1.Cc1ccc(C(=O)N=C2Cc3cnc(Cl)cc3N2C2CCC(C(=O)NC(C)C)CC2)cc1.Cc1ccc(COc2ccc3nc(NC(=O)c4ccc(C)cc4)n(C4CCC(C(=O)NC(C)C)CC4)c3c2)cc1. The predicted octanol–water partition coefficient (Wildman–Crippen LogP) is 20.4. The first-order valence-corrected chi connectivity index (χ1v) is 50.4. The van der Waals surface area contributed by atoms with Gasteiger partial charge in [-0.3, -0.25) is 48.5 Å². The number of anilines is 4. The number of benzene rings is 7. The van der Waals surface area contributed by atoms with E-state index in [0.29, 0.717) is 71.7 Å². The summed E-state index contributed by atoms with van der Waals surface area (Å²) in [6, 6.07) is 55.2. The summed E-state index contributed by atoms with van der Waals surface area (Å²) in [7, 11) is 0. The summed E-state index contributed by atoms with van der Waals surface area (Å²) in [4.78, 5) is 146. The summed E-state index contributed by atoms with van der Waals surface area (Å²) in [6.07, 6.45) is 19.3. The first kappa shape index (κ1) is 103. The molecule has 6 heterocycles. The molecule has 7 aromatic carbocycles. The van der Waals surface area contributed by atoms with Crippen LogP contribution in [0, 0.1) is 58.3 Å². The van der Waals surface area contributed by atoms with Crippen LogP contribution in [-0.4, -0.2) is 133 Å². The van der Waals surface area contributed by atoms with Gasteiger partial charge in [-0.2, -0.15) is 15.0 Å². The molecule has 8 amide bonds. The average Bonchev–Trinajstić information content (AvgIpc) is 1.65. The van der Waals surface area contributed by atoms with E-state index in [4.69, 9.17) is 26.1 Å². The number of carbonyl (C=O) groups is 8. The Morgan fingerprint density at radius 1 is 0.421 bits per heavy atom. The highest BCUT2D eigenvalue weighted by Gasteiger charge is 2.42. The van der Waals surface area contributed by atoms with Crippen LogP contribution in [-0.2, 0) is 56.4 Å². The van der Waals surface area contributed by atoms with E-state index in [-0.39, 0.29) is 125 Å². The molecular weight excluding hydrogens is 1780 g/mol. The number of pyridine rings is 2. The molecule has 0 radical (unpaired) electrons. The quantitative estimate of drug-likeness (QED) is 0.0242. The standard InChI is InChI=1S/C33H38N4O3.C30H39N3O3.C25H29ClN4O2.C25H30N4O3/c1-21(2)34-31(38)26-13-15-27(16-14-26)37-30-19-28(40-20-24-9-5-22(3)6-10-24)17-18-29(30)35-33(37)36-32(39)25-11-7-23(4)8-12-25;1-5-16-36-19-22-8-11-25-18-28(32-30(35)23-9-6-21(4)7-10-23)33(27(25)17-22)26-14-12-24(13-15-26)29(34)31-20(2)3;1-15(2)28-24(31)18-8-10-20(11-9-18)30-21-13-22(26)27-14-19(21)12-23(30)29-25(32)17-6-4-16(3)5-7-17;1-15(2)27-24(31)18-8-10-20(11-9-18)29-21-13-23(30)26-14-19(21)12-22(29)28-25(32)17-6-4-16(3)5-7-17/h5-12,17-19,21,26-27H,13-16,20H2,1-4H3,(H,34,38)(H,35,36,39);6-11,17,20,24,26H,5,12-16,18-19H2,1-4H3,(H,31,34);4-7,13-15,18,20H,8-12H2,1-3H3,(H,28,31);4-7,13-15,18,20H,8-12H2,1-3H3,(H,26,30)(H,27,31). The molecule has 7 aliphatic rings. The number of H-pyrrole nitrogens is 1. The zero-order valence-corrected chi connectivity index (χ0v) is 84.2. The number of nitrogens with one attached hydrogen (secondary N) is 6. The number of imidazole rings is 1. The number of nitrogens with zero attached hydrogens (tertiary/aromatic N) is 9. The number of aliphatic imine (C=N–C) groups is 3. The van der Waals surface area contributed by atoms with E-state index in [9.17, 15) is 43.2 Å². The van der Waals surface area contributed by atoms with Crippen LogP contribution in [0.25, 0.3) is 11.0 Å². The topological polar surface area (TPSA) is 326 Å². The van der Waals surface area contributed by atoms with Crippen molar-refractivity contribution in [3.8, 4) is 5.75 Å². The summed E-state index contributed by atoms with van der Waals surface area (Å²) < 4.78 is 14.1. The first-order valence-electron chi connectivity index (χ1n) is 50.0. The van der Waals surface area contributed by atoms with E-state index in [2.05, 4.69) is 127 Å². The molecule has 3 aliphatic heterocycles. The molecule has 0 saturated heterocycles. The second-order valence-electron chi connectivity index (χ2n) is 39.8. The second kappa shape index (κ2) is 47.7. The van der Waals surface area contributed by atoms with Crippen LogP contribution in [0.3, 0.4) is 0 Å². The van der Waals surface area contributed by atoms with Gasteiger partial charge in [-0.1, -0.05) is 131 Å².